The molecule has 9 heteroatoms. The van der Waals surface area contributed by atoms with Crippen molar-refractivity contribution in [2.45, 2.75) is 6.92 Å². The SMILES string of the molecule is Cc1cc([N+](=O)[O-])ccc1-c1ccc(/C=N\NC(=O)c2ccc3c(c2)OCCO3)o1. The number of non-ortho nitro benzene ring substituents is 1. The number of nitro benzene ring substituents is 1. The Morgan fingerprint density at radius 1 is 1.10 bits per heavy atom. The quantitative estimate of drug-likeness (QED) is 0.392. The molecule has 1 amide bonds. The summed E-state index contributed by atoms with van der Waals surface area (Å²) in [7, 11) is 0. The minimum Gasteiger partial charge on any atom is -0.486 e. The van der Waals surface area contributed by atoms with Crippen molar-refractivity contribution in [3.63, 3.8) is 0 Å². The summed E-state index contributed by atoms with van der Waals surface area (Å²) in [5.74, 6) is 1.69. The molecule has 9 nitrogen and oxygen atoms in total. The fourth-order valence-electron chi connectivity index (χ4n) is 3.01. The average molecular weight is 407 g/mol. The second-order valence-corrected chi connectivity index (χ2v) is 6.52. The molecule has 1 aromatic heterocycles. The van der Waals surface area contributed by atoms with Gasteiger partial charge in [-0.15, -0.1) is 0 Å². The minimum atomic E-state index is -0.443. The first-order chi connectivity index (χ1) is 14.5. The molecule has 0 bridgehead atoms. The Bertz CT molecular complexity index is 1150. The number of carbonyl (C=O) groups excluding carboxylic acids is 1. The third-order valence-electron chi connectivity index (χ3n) is 4.48. The van der Waals surface area contributed by atoms with Crippen molar-refractivity contribution in [3.8, 4) is 22.8 Å². The molecule has 1 N–H and O–H groups in total. The highest BCUT2D eigenvalue weighted by molar-refractivity contribution is 5.95. The molecule has 2 aromatic carbocycles. The number of fused-ring (bicyclic) bond motifs is 1. The van der Waals surface area contributed by atoms with Gasteiger partial charge >= 0.3 is 0 Å². The molecule has 1 aliphatic heterocycles. The maximum Gasteiger partial charge on any atom is 0.271 e. The van der Waals surface area contributed by atoms with Crippen LogP contribution in [-0.2, 0) is 0 Å². The van der Waals surface area contributed by atoms with Crippen molar-refractivity contribution in [2.75, 3.05) is 13.2 Å². The number of aryl methyl sites for hydroxylation is 1. The van der Waals surface area contributed by atoms with E-state index in [1.807, 2.05) is 0 Å². The Hall–Kier alpha value is -4.14. The van der Waals surface area contributed by atoms with E-state index in [2.05, 4.69) is 10.5 Å². The summed E-state index contributed by atoms with van der Waals surface area (Å²) in [6, 6.07) is 12.9. The summed E-state index contributed by atoms with van der Waals surface area (Å²) in [5.41, 5.74) is 4.29. The van der Waals surface area contributed by atoms with E-state index in [0.717, 1.165) is 5.56 Å². The number of carbonyl (C=O) groups is 1. The van der Waals surface area contributed by atoms with Gasteiger partial charge in [-0.3, -0.25) is 14.9 Å². The third kappa shape index (κ3) is 4.00. The number of hydrogen-bond acceptors (Lipinski definition) is 7. The first kappa shape index (κ1) is 19.2. The van der Waals surface area contributed by atoms with Gasteiger partial charge in [0.05, 0.1) is 11.1 Å². The van der Waals surface area contributed by atoms with Gasteiger partial charge in [-0.1, -0.05) is 0 Å². The molecule has 0 saturated carbocycles. The van der Waals surface area contributed by atoms with Crippen LogP contribution in [0.2, 0.25) is 0 Å². The summed E-state index contributed by atoms with van der Waals surface area (Å²) in [6.45, 7) is 2.69. The van der Waals surface area contributed by atoms with Crippen LogP contribution in [0.1, 0.15) is 21.7 Å². The normalized spacial score (nSPS) is 12.7. The third-order valence-corrected chi connectivity index (χ3v) is 4.48. The predicted octanol–water partition coefficient (Wildman–Crippen LogP) is 3.70. The fourth-order valence-corrected chi connectivity index (χ4v) is 3.01. The molecule has 4 rings (SSSR count). The number of benzene rings is 2. The van der Waals surface area contributed by atoms with Gasteiger partial charge in [0.2, 0.25) is 0 Å². The van der Waals surface area contributed by atoms with E-state index in [9.17, 15) is 14.9 Å². The highest BCUT2D eigenvalue weighted by Gasteiger charge is 2.15. The van der Waals surface area contributed by atoms with Crippen LogP contribution in [0.5, 0.6) is 11.5 Å². The minimum absolute atomic E-state index is 0.0199. The lowest BCUT2D eigenvalue weighted by Crippen LogP contribution is -2.19. The first-order valence-electron chi connectivity index (χ1n) is 9.09. The zero-order valence-corrected chi connectivity index (χ0v) is 16.0. The molecular formula is C21H17N3O6. The van der Waals surface area contributed by atoms with Gasteiger partial charge in [-0.05, 0) is 48.9 Å². The summed E-state index contributed by atoms with van der Waals surface area (Å²) < 4.78 is 16.6. The van der Waals surface area contributed by atoms with E-state index >= 15 is 0 Å². The number of furan rings is 1. The fraction of sp³-hybridized carbons (Fsp3) is 0.143. The van der Waals surface area contributed by atoms with Crippen LogP contribution in [0.3, 0.4) is 0 Å². The molecule has 152 valence electrons. The highest BCUT2D eigenvalue weighted by Crippen LogP contribution is 2.31. The van der Waals surface area contributed by atoms with Crippen molar-refractivity contribution in [3.05, 3.63) is 75.5 Å². The van der Waals surface area contributed by atoms with Gasteiger partial charge in [0, 0.05) is 23.3 Å². The standard InChI is InChI=1S/C21H17N3O6/c1-13-10-15(24(26)27)3-5-17(13)18-7-4-16(30-18)12-22-23-21(25)14-2-6-19-20(11-14)29-9-8-28-19/h2-7,10-12H,8-9H2,1H3,(H,23,25)/b22-12-. The molecule has 30 heavy (non-hydrogen) atoms. The molecule has 0 radical (unpaired) electrons. The predicted molar refractivity (Wildman–Crippen MR) is 108 cm³/mol. The first-order valence-corrected chi connectivity index (χ1v) is 9.09. The van der Waals surface area contributed by atoms with Crippen LogP contribution in [0.4, 0.5) is 5.69 Å². The molecule has 3 aromatic rings. The van der Waals surface area contributed by atoms with Crippen LogP contribution in [0, 0.1) is 17.0 Å². The van der Waals surface area contributed by atoms with Crippen molar-refractivity contribution in [1.82, 2.24) is 5.43 Å². The summed E-state index contributed by atoms with van der Waals surface area (Å²) in [5, 5.41) is 14.8. The van der Waals surface area contributed by atoms with Crippen molar-refractivity contribution >= 4 is 17.8 Å². The Morgan fingerprint density at radius 3 is 2.67 bits per heavy atom. The van der Waals surface area contributed by atoms with Crippen molar-refractivity contribution in [1.29, 1.82) is 0 Å². The van der Waals surface area contributed by atoms with Crippen LogP contribution >= 0.6 is 0 Å². The van der Waals surface area contributed by atoms with E-state index in [1.165, 1.54) is 18.3 Å². The number of nitrogens with zero attached hydrogens (tertiary/aromatic N) is 2. The zero-order chi connectivity index (χ0) is 21.1. The number of hydrazone groups is 1. The highest BCUT2D eigenvalue weighted by atomic mass is 16.6. The van der Waals surface area contributed by atoms with Crippen molar-refractivity contribution < 1.29 is 23.6 Å². The molecule has 0 fully saturated rings. The smallest absolute Gasteiger partial charge is 0.271 e. The topological polar surface area (TPSA) is 116 Å². The number of rotatable bonds is 5. The van der Waals surface area contributed by atoms with Gasteiger partial charge in [0.1, 0.15) is 24.7 Å². The monoisotopic (exact) mass is 407 g/mol. The number of hydrogen-bond donors (Lipinski definition) is 1. The van der Waals surface area contributed by atoms with E-state index in [4.69, 9.17) is 13.9 Å². The Labute approximate surface area is 171 Å². The lowest BCUT2D eigenvalue weighted by molar-refractivity contribution is -0.384. The maximum absolute atomic E-state index is 12.3. The summed E-state index contributed by atoms with van der Waals surface area (Å²) >= 11 is 0. The van der Waals surface area contributed by atoms with E-state index in [1.54, 1.807) is 43.3 Å². The van der Waals surface area contributed by atoms with Gasteiger partial charge < -0.3 is 13.9 Å². The number of nitrogens with one attached hydrogen (secondary N) is 1. The molecule has 2 heterocycles. The molecule has 0 spiro atoms. The summed E-state index contributed by atoms with van der Waals surface area (Å²) in [4.78, 5) is 22.7. The Morgan fingerprint density at radius 2 is 1.90 bits per heavy atom. The van der Waals surface area contributed by atoms with Crippen LogP contribution < -0.4 is 14.9 Å². The Balaban J connectivity index is 1.42. The second-order valence-electron chi connectivity index (χ2n) is 6.52. The molecule has 0 aliphatic carbocycles. The summed E-state index contributed by atoms with van der Waals surface area (Å²) in [6.07, 6.45) is 1.38. The van der Waals surface area contributed by atoms with Crippen LogP contribution in [-0.4, -0.2) is 30.3 Å². The number of ether oxygens (including phenoxy) is 2. The van der Waals surface area contributed by atoms with Crippen LogP contribution in [0.25, 0.3) is 11.3 Å². The second kappa shape index (κ2) is 8.08. The lowest BCUT2D eigenvalue weighted by Gasteiger charge is -2.18. The lowest BCUT2D eigenvalue weighted by atomic mass is 10.1. The van der Waals surface area contributed by atoms with E-state index < -0.39 is 10.8 Å². The maximum atomic E-state index is 12.3. The van der Waals surface area contributed by atoms with E-state index in [0.29, 0.717) is 47.4 Å². The molecule has 0 atom stereocenters. The largest absolute Gasteiger partial charge is 0.486 e. The average Bonchev–Trinajstić information content (AvgIpc) is 3.21. The van der Waals surface area contributed by atoms with Gasteiger partial charge in [0.25, 0.3) is 11.6 Å². The number of amides is 1. The Kier molecular flexibility index (Phi) is 5.17. The van der Waals surface area contributed by atoms with Gasteiger partial charge in [0.15, 0.2) is 11.5 Å². The van der Waals surface area contributed by atoms with Gasteiger partial charge in [-0.25, -0.2) is 5.43 Å². The molecule has 1 aliphatic rings. The van der Waals surface area contributed by atoms with Crippen molar-refractivity contribution in [2.24, 2.45) is 5.10 Å². The zero-order valence-electron chi connectivity index (χ0n) is 16.0. The molecule has 0 unspecified atom stereocenters. The van der Waals surface area contributed by atoms with Crippen LogP contribution in [0.15, 0.2) is 58.0 Å². The van der Waals surface area contributed by atoms with E-state index in [-0.39, 0.29) is 5.69 Å². The molecule has 0 saturated heterocycles. The van der Waals surface area contributed by atoms with Gasteiger partial charge in [-0.2, -0.15) is 5.10 Å². The molecular weight excluding hydrogens is 390 g/mol. The number of nitro groups is 1.